The molecule has 92 valence electrons. The summed E-state index contributed by atoms with van der Waals surface area (Å²) in [4.78, 5) is 17.3. The molecule has 3 atom stereocenters. The predicted octanol–water partition coefficient (Wildman–Crippen LogP) is 2.99. The van der Waals surface area contributed by atoms with E-state index in [0.717, 1.165) is 34.8 Å². The first-order valence-electron chi connectivity index (χ1n) is 6.36. The number of aromatic nitrogens is 1. The molecule has 0 aromatic carbocycles. The molecule has 2 aromatic rings. The number of fused-ring (bicyclic) bond motifs is 1. The number of nitrogens with zero attached hydrogens (tertiary/aromatic N) is 1. The maximum Gasteiger partial charge on any atom is 0.162 e. The Bertz CT molecular complexity index is 676. The molecule has 3 aliphatic rings. The molecular weight excluding hydrogens is 244 g/mol. The summed E-state index contributed by atoms with van der Waals surface area (Å²) in [5, 5.41) is 0.967. The Kier molecular flexibility index (Phi) is 1.94. The number of carbonyl (C=O) groups excluding carboxylic acids is 1. The molecule has 3 aliphatic carbocycles. The molecule has 2 N–H and O–H groups in total. The number of nitrogens with two attached hydrogens (primary N) is 1. The van der Waals surface area contributed by atoms with Crippen LogP contribution in [0.5, 0.6) is 0 Å². The number of nitrogen functional groups attached to an aromatic ring is 1. The lowest BCUT2D eigenvalue weighted by molar-refractivity contribution is 0.112. The second-order valence-corrected chi connectivity index (χ2v) is 6.58. The lowest BCUT2D eigenvalue weighted by Gasteiger charge is -2.48. The molecule has 3 nitrogen and oxygen atoms in total. The van der Waals surface area contributed by atoms with Crippen molar-refractivity contribution in [3.63, 3.8) is 0 Å². The summed E-state index contributed by atoms with van der Waals surface area (Å²) < 4.78 is 0. The number of anilines is 1. The van der Waals surface area contributed by atoms with Gasteiger partial charge in [-0.2, -0.15) is 0 Å². The zero-order chi connectivity index (χ0) is 12.4. The van der Waals surface area contributed by atoms with Crippen LogP contribution >= 0.6 is 11.3 Å². The zero-order valence-corrected chi connectivity index (χ0v) is 11.0. The fourth-order valence-corrected chi connectivity index (χ4v) is 4.39. The van der Waals surface area contributed by atoms with E-state index in [2.05, 4.69) is 13.0 Å². The van der Waals surface area contributed by atoms with Crippen LogP contribution in [0.3, 0.4) is 0 Å². The van der Waals surface area contributed by atoms with Crippen LogP contribution in [0.25, 0.3) is 10.2 Å². The van der Waals surface area contributed by atoms with Gasteiger partial charge in [0.05, 0.1) is 10.6 Å². The van der Waals surface area contributed by atoms with Crippen molar-refractivity contribution in [3.05, 3.63) is 22.2 Å². The van der Waals surface area contributed by atoms with Crippen LogP contribution < -0.4 is 5.73 Å². The zero-order valence-electron chi connectivity index (χ0n) is 10.1. The topological polar surface area (TPSA) is 56.0 Å². The van der Waals surface area contributed by atoms with Crippen molar-refractivity contribution < 1.29 is 4.79 Å². The highest BCUT2D eigenvalue weighted by Crippen LogP contribution is 2.54. The van der Waals surface area contributed by atoms with Gasteiger partial charge < -0.3 is 5.73 Å². The van der Waals surface area contributed by atoms with E-state index < -0.39 is 0 Å². The summed E-state index contributed by atoms with van der Waals surface area (Å²) in [6, 6.07) is 2.17. The van der Waals surface area contributed by atoms with Gasteiger partial charge in [0.15, 0.2) is 6.29 Å². The van der Waals surface area contributed by atoms with E-state index >= 15 is 0 Å². The minimum atomic E-state index is 0.604. The van der Waals surface area contributed by atoms with Gasteiger partial charge >= 0.3 is 0 Å². The lowest BCUT2D eigenvalue weighted by atomic mass is 9.57. The molecule has 0 amide bonds. The predicted molar refractivity (Wildman–Crippen MR) is 73.1 cm³/mol. The number of pyridine rings is 1. The molecule has 2 bridgehead atoms. The van der Waals surface area contributed by atoms with E-state index in [1.807, 2.05) is 0 Å². The highest BCUT2D eigenvalue weighted by Gasteiger charge is 2.44. The number of rotatable bonds is 1. The monoisotopic (exact) mass is 258 g/mol. The van der Waals surface area contributed by atoms with Crippen LogP contribution in [0.15, 0.2) is 6.07 Å². The van der Waals surface area contributed by atoms with Gasteiger partial charge in [-0.15, -0.1) is 11.3 Å². The first-order chi connectivity index (χ1) is 8.69. The first kappa shape index (κ1) is 10.5. The highest BCUT2D eigenvalue weighted by atomic mass is 32.1. The van der Waals surface area contributed by atoms with Crippen LogP contribution in [-0.2, 0) is 6.42 Å². The van der Waals surface area contributed by atoms with Gasteiger partial charge in [0.25, 0.3) is 0 Å². The number of aldehydes is 1. The molecule has 1 saturated carbocycles. The maximum absolute atomic E-state index is 10.9. The maximum atomic E-state index is 10.9. The van der Waals surface area contributed by atoms with Crippen LogP contribution in [0.1, 0.15) is 40.2 Å². The summed E-state index contributed by atoms with van der Waals surface area (Å²) in [6.07, 6.45) is 3.25. The Morgan fingerprint density at radius 1 is 1.56 bits per heavy atom. The standard InChI is InChI=1S/C14H14N2OS/c1-6-7-2-8-4-10-12(15)11(5-17)18-14(10)16-13(8)9(6)3-7/h4-7,9H,2-3,15H2,1H3. The smallest absolute Gasteiger partial charge is 0.162 e. The highest BCUT2D eigenvalue weighted by molar-refractivity contribution is 7.20. The molecule has 2 aromatic heterocycles. The molecule has 4 heteroatoms. The van der Waals surface area contributed by atoms with Gasteiger partial charge in [-0.05, 0) is 36.3 Å². The SMILES string of the molecule is CC1C2Cc3cc4c(N)c(C=O)sc4nc3C1C2. The molecule has 2 heterocycles. The molecule has 3 unspecified atom stereocenters. The van der Waals surface area contributed by atoms with Gasteiger partial charge in [-0.25, -0.2) is 4.98 Å². The molecule has 0 aliphatic heterocycles. The lowest BCUT2D eigenvalue weighted by Crippen LogP contribution is -2.39. The van der Waals surface area contributed by atoms with Crippen molar-refractivity contribution in [1.82, 2.24) is 4.98 Å². The van der Waals surface area contributed by atoms with Crippen molar-refractivity contribution in [2.75, 3.05) is 5.73 Å². The molecular formula is C14H14N2OS. The second-order valence-electron chi connectivity index (χ2n) is 5.55. The minimum Gasteiger partial charge on any atom is -0.397 e. The van der Waals surface area contributed by atoms with Crippen LogP contribution in [0, 0.1) is 11.8 Å². The number of hydrogen-bond donors (Lipinski definition) is 1. The van der Waals surface area contributed by atoms with Gasteiger partial charge in [0, 0.05) is 17.0 Å². The fraction of sp³-hybridized carbons (Fsp3) is 0.429. The largest absolute Gasteiger partial charge is 0.397 e. The third kappa shape index (κ3) is 1.14. The van der Waals surface area contributed by atoms with E-state index in [9.17, 15) is 4.79 Å². The van der Waals surface area contributed by atoms with Crippen molar-refractivity contribution in [2.24, 2.45) is 11.8 Å². The van der Waals surface area contributed by atoms with Gasteiger partial charge in [0.2, 0.25) is 0 Å². The van der Waals surface area contributed by atoms with Crippen molar-refractivity contribution in [2.45, 2.75) is 25.7 Å². The third-order valence-electron chi connectivity index (χ3n) is 4.74. The molecule has 1 fully saturated rings. The van der Waals surface area contributed by atoms with E-state index in [0.29, 0.717) is 16.5 Å². The minimum absolute atomic E-state index is 0.604. The molecule has 0 radical (unpaired) electrons. The van der Waals surface area contributed by atoms with Crippen LogP contribution in [0.4, 0.5) is 5.69 Å². The Hall–Kier alpha value is -1.42. The Morgan fingerprint density at radius 3 is 3.11 bits per heavy atom. The normalized spacial score (nSPS) is 28.8. The fourth-order valence-electron chi connectivity index (χ4n) is 3.49. The summed E-state index contributed by atoms with van der Waals surface area (Å²) in [5.74, 6) is 2.23. The molecule has 18 heavy (non-hydrogen) atoms. The average molecular weight is 258 g/mol. The molecule has 0 saturated heterocycles. The number of thiophene rings is 1. The molecule has 5 rings (SSSR count). The molecule has 0 spiro atoms. The van der Waals surface area contributed by atoms with Crippen molar-refractivity contribution in [1.29, 1.82) is 0 Å². The van der Waals surface area contributed by atoms with E-state index in [1.54, 1.807) is 0 Å². The summed E-state index contributed by atoms with van der Waals surface area (Å²) in [6.45, 7) is 2.33. The quantitative estimate of drug-likeness (QED) is 0.800. The van der Waals surface area contributed by atoms with Crippen molar-refractivity contribution in [3.8, 4) is 0 Å². The summed E-state index contributed by atoms with van der Waals surface area (Å²) in [5.41, 5.74) is 9.21. The van der Waals surface area contributed by atoms with Gasteiger partial charge in [-0.3, -0.25) is 4.79 Å². The summed E-state index contributed by atoms with van der Waals surface area (Å²) >= 11 is 1.41. The van der Waals surface area contributed by atoms with Crippen molar-refractivity contribution >= 4 is 33.5 Å². The van der Waals surface area contributed by atoms with Crippen LogP contribution in [0.2, 0.25) is 0 Å². The number of carbonyl (C=O) groups is 1. The van der Waals surface area contributed by atoms with E-state index in [-0.39, 0.29) is 0 Å². The Balaban J connectivity index is 1.98. The van der Waals surface area contributed by atoms with E-state index in [1.165, 1.54) is 29.0 Å². The summed E-state index contributed by atoms with van der Waals surface area (Å²) in [7, 11) is 0. The Morgan fingerprint density at radius 2 is 2.39 bits per heavy atom. The van der Waals surface area contributed by atoms with E-state index in [4.69, 9.17) is 10.7 Å². The first-order valence-corrected chi connectivity index (χ1v) is 7.17. The third-order valence-corrected chi connectivity index (χ3v) is 5.78. The van der Waals surface area contributed by atoms with Gasteiger partial charge in [0.1, 0.15) is 4.83 Å². The van der Waals surface area contributed by atoms with Gasteiger partial charge in [-0.1, -0.05) is 6.92 Å². The number of hydrogen-bond acceptors (Lipinski definition) is 4. The van der Waals surface area contributed by atoms with Crippen LogP contribution in [-0.4, -0.2) is 11.3 Å². The second kappa shape index (κ2) is 3.32. The average Bonchev–Trinajstić information content (AvgIpc) is 2.71. The Labute approximate surface area is 109 Å².